The highest BCUT2D eigenvalue weighted by Crippen LogP contribution is 2.28. The zero-order valence-corrected chi connectivity index (χ0v) is 18.9. The van der Waals surface area contributed by atoms with Gasteiger partial charge in [0.1, 0.15) is 28.9 Å². The largest absolute Gasteiger partial charge is 0.489 e. The molecule has 2 aliphatic heterocycles. The summed E-state index contributed by atoms with van der Waals surface area (Å²) in [6.07, 6.45) is 5.92. The van der Waals surface area contributed by atoms with E-state index in [-0.39, 0.29) is 24.3 Å². The fourth-order valence-corrected chi connectivity index (χ4v) is 4.31. The Morgan fingerprint density at radius 3 is 2.81 bits per heavy atom. The number of hydrogen-bond donors (Lipinski definition) is 1. The maximum absolute atomic E-state index is 14.0. The summed E-state index contributed by atoms with van der Waals surface area (Å²) in [5.74, 6) is 0.166. The molecule has 1 aromatic heterocycles. The van der Waals surface area contributed by atoms with Crippen LogP contribution in [0.15, 0.2) is 36.3 Å². The van der Waals surface area contributed by atoms with E-state index in [9.17, 15) is 9.18 Å². The van der Waals surface area contributed by atoms with Crippen molar-refractivity contribution in [3.63, 3.8) is 0 Å². The molecule has 170 valence electrons. The van der Waals surface area contributed by atoms with Crippen LogP contribution in [0.5, 0.6) is 5.75 Å². The van der Waals surface area contributed by atoms with Gasteiger partial charge in [0, 0.05) is 24.9 Å². The second kappa shape index (κ2) is 9.83. The Kier molecular flexibility index (Phi) is 6.91. The van der Waals surface area contributed by atoms with E-state index >= 15 is 0 Å². The number of halogens is 2. The standard InChI is InChI=1S/C23H27ClFN5O2/c1-2-7-29-8-5-17(6-9-29)32-21-10-16(25)3-4-18(21)23(31)30-13-19(20(26)14-30)22-27-11-15(24)12-28-22/h3-4,10-12,17H,2,5-9,13-14,26H2,1H3/p+1. The summed E-state index contributed by atoms with van der Waals surface area (Å²) < 4.78 is 20.2. The first-order valence-corrected chi connectivity index (χ1v) is 11.3. The predicted molar refractivity (Wildman–Crippen MR) is 120 cm³/mol. The van der Waals surface area contributed by atoms with Gasteiger partial charge in [0.15, 0.2) is 6.20 Å². The van der Waals surface area contributed by atoms with Gasteiger partial charge in [0.2, 0.25) is 0 Å². The van der Waals surface area contributed by atoms with Gasteiger partial charge in [-0.1, -0.05) is 18.5 Å². The maximum Gasteiger partial charge on any atom is 0.327 e. The second-order valence-electron chi connectivity index (χ2n) is 8.24. The molecule has 7 nitrogen and oxygen atoms in total. The van der Waals surface area contributed by atoms with E-state index in [1.54, 1.807) is 11.1 Å². The van der Waals surface area contributed by atoms with Crippen molar-refractivity contribution in [2.45, 2.75) is 32.3 Å². The molecule has 3 N–H and O–H groups in total. The van der Waals surface area contributed by atoms with Crippen molar-refractivity contribution in [1.29, 1.82) is 0 Å². The van der Waals surface area contributed by atoms with Gasteiger partial charge >= 0.3 is 5.82 Å². The van der Waals surface area contributed by atoms with E-state index in [0.29, 0.717) is 28.7 Å². The maximum atomic E-state index is 14.0. The lowest BCUT2D eigenvalue weighted by atomic mass is 10.1. The normalized spacial score (nSPS) is 17.8. The number of benzene rings is 1. The molecule has 1 saturated heterocycles. The summed E-state index contributed by atoms with van der Waals surface area (Å²) >= 11 is 5.89. The van der Waals surface area contributed by atoms with E-state index in [4.69, 9.17) is 22.1 Å². The molecular weight excluding hydrogens is 433 g/mol. The van der Waals surface area contributed by atoms with Crippen LogP contribution in [0, 0.1) is 5.82 Å². The van der Waals surface area contributed by atoms with Crippen LogP contribution in [0.25, 0.3) is 5.57 Å². The van der Waals surface area contributed by atoms with E-state index in [0.717, 1.165) is 44.5 Å². The quantitative estimate of drug-likeness (QED) is 0.716. The molecule has 0 saturated carbocycles. The van der Waals surface area contributed by atoms with Gasteiger partial charge in [-0.2, -0.15) is 0 Å². The van der Waals surface area contributed by atoms with Crippen LogP contribution in [-0.2, 0) is 0 Å². The van der Waals surface area contributed by atoms with Crippen molar-refractivity contribution >= 4 is 23.1 Å². The van der Waals surface area contributed by atoms with Crippen molar-refractivity contribution in [1.82, 2.24) is 14.8 Å². The third-order valence-corrected chi connectivity index (χ3v) is 6.08. The number of piperidine rings is 1. The molecule has 2 aliphatic rings. The molecule has 9 heteroatoms. The van der Waals surface area contributed by atoms with Crippen LogP contribution >= 0.6 is 11.6 Å². The minimum absolute atomic E-state index is 0.0401. The number of ether oxygens (including phenoxy) is 1. The highest BCUT2D eigenvalue weighted by Gasteiger charge is 2.32. The third-order valence-electron chi connectivity index (χ3n) is 5.88. The third kappa shape index (κ3) is 5.02. The summed E-state index contributed by atoms with van der Waals surface area (Å²) in [7, 11) is 0. The molecule has 1 fully saturated rings. The van der Waals surface area contributed by atoms with Crippen LogP contribution < -0.4 is 15.5 Å². The van der Waals surface area contributed by atoms with Crippen LogP contribution in [0.2, 0.25) is 5.02 Å². The Labute approximate surface area is 192 Å². The van der Waals surface area contributed by atoms with Gasteiger partial charge in [0.25, 0.3) is 5.91 Å². The van der Waals surface area contributed by atoms with E-state index < -0.39 is 5.82 Å². The Balaban J connectivity index is 1.47. The van der Waals surface area contributed by atoms with Crippen LogP contribution in [0.3, 0.4) is 0 Å². The molecule has 0 aliphatic carbocycles. The van der Waals surface area contributed by atoms with Gasteiger partial charge in [0.05, 0.1) is 24.2 Å². The minimum atomic E-state index is -0.431. The molecule has 0 unspecified atom stereocenters. The number of carbonyl (C=O) groups excluding carboxylic acids is 1. The monoisotopic (exact) mass is 460 g/mol. The highest BCUT2D eigenvalue weighted by molar-refractivity contribution is 6.30. The molecule has 4 rings (SSSR count). The Morgan fingerprint density at radius 2 is 2.12 bits per heavy atom. The first kappa shape index (κ1) is 22.5. The van der Waals surface area contributed by atoms with Gasteiger partial charge in [-0.05, 0) is 42.9 Å². The number of amides is 1. The summed E-state index contributed by atoms with van der Waals surface area (Å²) in [6, 6.07) is 4.07. The van der Waals surface area contributed by atoms with E-state index in [1.807, 2.05) is 0 Å². The number of nitrogens with two attached hydrogens (primary N) is 1. The number of hydrogen-bond acceptors (Lipinski definition) is 5. The number of aromatic nitrogens is 2. The van der Waals surface area contributed by atoms with Crippen LogP contribution in [-0.4, -0.2) is 59.5 Å². The van der Waals surface area contributed by atoms with Crippen molar-refractivity contribution in [2.24, 2.45) is 5.73 Å². The minimum Gasteiger partial charge on any atom is -0.489 e. The smallest absolute Gasteiger partial charge is 0.327 e. The fraction of sp³-hybridized carbons (Fsp3) is 0.435. The number of likely N-dealkylation sites (tertiary alicyclic amines) is 1. The van der Waals surface area contributed by atoms with Crippen molar-refractivity contribution in [3.8, 4) is 5.75 Å². The van der Waals surface area contributed by atoms with Gasteiger partial charge in [-0.3, -0.25) is 4.79 Å². The number of aromatic amines is 1. The summed E-state index contributed by atoms with van der Waals surface area (Å²) in [4.78, 5) is 24.6. The van der Waals surface area contributed by atoms with Gasteiger partial charge in [-0.15, -0.1) is 0 Å². The number of H-pyrrole nitrogens is 1. The lowest BCUT2D eigenvalue weighted by Gasteiger charge is -2.32. The molecule has 32 heavy (non-hydrogen) atoms. The first-order chi connectivity index (χ1) is 15.4. The molecule has 0 atom stereocenters. The van der Waals surface area contributed by atoms with Crippen LogP contribution in [0.1, 0.15) is 42.4 Å². The molecule has 1 amide bonds. The van der Waals surface area contributed by atoms with E-state index in [2.05, 4.69) is 21.8 Å². The molecule has 2 aromatic rings. The zero-order chi connectivity index (χ0) is 22.7. The topological polar surface area (TPSA) is 85.8 Å². The zero-order valence-electron chi connectivity index (χ0n) is 18.1. The SMILES string of the molecule is CCCN1CCC(Oc2cc(F)ccc2C(=O)N2CC(N)=C(c3ncc(Cl)c[nH+]3)C2)CC1. The average molecular weight is 461 g/mol. The Morgan fingerprint density at radius 1 is 1.34 bits per heavy atom. The predicted octanol–water partition coefficient (Wildman–Crippen LogP) is 2.77. The molecule has 1 aromatic carbocycles. The Bertz CT molecular complexity index is 1010. The second-order valence-corrected chi connectivity index (χ2v) is 8.68. The van der Waals surface area contributed by atoms with Crippen molar-refractivity contribution < 1.29 is 18.9 Å². The molecule has 0 radical (unpaired) electrons. The number of rotatable bonds is 6. The molecular formula is C23H28ClFN5O2+. The highest BCUT2D eigenvalue weighted by atomic mass is 35.5. The average Bonchev–Trinajstić information content (AvgIpc) is 3.17. The Hall–Kier alpha value is -2.71. The van der Waals surface area contributed by atoms with Gasteiger partial charge in [-0.25, -0.2) is 9.37 Å². The summed E-state index contributed by atoms with van der Waals surface area (Å²) in [5, 5.41) is 0.479. The van der Waals surface area contributed by atoms with Crippen LogP contribution in [0.4, 0.5) is 4.39 Å². The summed E-state index contributed by atoms with van der Waals surface area (Å²) in [6.45, 7) is 5.68. The fourth-order valence-electron chi connectivity index (χ4n) is 4.21. The number of carbonyl (C=O) groups is 1. The lowest BCUT2D eigenvalue weighted by Crippen LogP contribution is -2.39. The van der Waals surface area contributed by atoms with Crippen molar-refractivity contribution in [3.05, 3.63) is 58.5 Å². The van der Waals surface area contributed by atoms with E-state index in [1.165, 1.54) is 24.4 Å². The molecule has 3 heterocycles. The summed E-state index contributed by atoms with van der Waals surface area (Å²) in [5.41, 5.74) is 7.83. The first-order valence-electron chi connectivity index (χ1n) is 10.9. The van der Waals surface area contributed by atoms with Crippen molar-refractivity contribution in [2.75, 3.05) is 32.7 Å². The molecule has 0 spiro atoms. The lowest BCUT2D eigenvalue weighted by molar-refractivity contribution is -0.386. The molecule has 0 bridgehead atoms. The number of nitrogens with one attached hydrogen (secondary N) is 1. The van der Waals surface area contributed by atoms with Gasteiger partial charge < -0.3 is 20.3 Å². The number of nitrogens with zero attached hydrogens (tertiary/aromatic N) is 3.